The number of nitrogens with one attached hydrogen (secondary N) is 2. The van der Waals surface area contributed by atoms with Gasteiger partial charge in [0, 0.05) is 17.4 Å². The molecule has 0 unspecified atom stereocenters. The predicted molar refractivity (Wildman–Crippen MR) is 81.8 cm³/mol. The third-order valence-corrected chi connectivity index (χ3v) is 3.14. The molecule has 0 radical (unpaired) electrons. The van der Waals surface area contributed by atoms with E-state index in [1.807, 2.05) is 6.07 Å². The van der Waals surface area contributed by atoms with Gasteiger partial charge in [0.05, 0.1) is 23.6 Å². The number of anilines is 3. The number of hydrogen-bond acceptors (Lipinski definition) is 6. The number of aromatic nitrogens is 4. The van der Waals surface area contributed by atoms with Crippen LogP contribution in [-0.4, -0.2) is 26.8 Å². The minimum Gasteiger partial charge on any atom is -0.372 e. The van der Waals surface area contributed by atoms with Crippen molar-refractivity contribution in [3.8, 4) is 6.07 Å². The Bertz CT molecular complexity index is 882. The molecule has 0 spiro atoms. The first-order valence-electron chi connectivity index (χ1n) is 8.20. The van der Waals surface area contributed by atoms with Crippen molar-refractivity contribution in [1.82, 2.24) is 19.7 Å². The molecule has 0 bridgehead atoms. The molecule has 0 aliphatic carbocycles. The summed E-state index contributed by atoms with van der Waals surface area (Å²) in [5.41, 5.74) is -2.61. The molecule has 0 aliphatic heterocycles. The highest BCUT2D eigenvalue weighted by Crippen LogP contribution is 2.34. The second-order valence-electron chi connectivity index (χ2n) is 5.34. The van der Waals surface area contributed by atoms with Gasteiger partial charge in [-0.15, -0.1) is 0 Å². The molecule has 0 amide bonds. The smallest absolute Gasteiger partial charge is 0.372 e. The molecular weight excluding hydrogens is 323 g/mol. The molecule has 2 rings (SSSR count). The molecule has 24 heavy (non-hydrogen) atoms. The lowest BCUT2D eigenvalue weighted by molar-refractivity contribution is -0.137. The first-order chi connectivity index (χ1) is 12.3. The first-order valence-corrected chi connectivity index (χ1v) is 6.70. The first kappa shape index (κ1) is 13.6. The fourth-order valence-electron chi connectivity index (χ4n) is 1.76. The number of halogens is 3. The predicted octanol–water partition coefficient (Wildman–Crippen LogP) is 3.04. The van der Waals surface area contributed by atoms with E-state index in [-0.39, 0.29) is 17.3 Å². The van der Waals surface area contributed by atoms with Gasteiger partial charge in [-0.05, 0) is 20.7 Å². The van der Waals surface area contributed by atoms with Crippen LogP contribution in [0.2, 0.25) is 0 Å². The van der Waals surface area contributed by atoms with Gasteiger partial charge in [-0.25, -0.2) is 4.98 Å². The highest BCUT2D eigenvalue weighted by atomic mass is 19.4. The lowest BCUT2D eigenvalue weighted by Gasteiger charge is -2.15. The number of alkyl halides is 3. The van der Waals surface area contributed by atoms with Crippen molar-refractivity contribution in [1.29, 1.82) is 5.26 Å². The Kier molecular flexibility index (Phi) is 3.39. The van der Waals surface area contributed by atoms with Gasteiger partial charge in [-0.1, -0.05) is 0 Å². The highest BCUT2D eigenvalue weighted by Gasteiger charge is 2.35. The summed E-state index contributed by atoms with van der Waals surface area (Å²) in [7, 11) is 1.27. The van der Waals surface area contributed by atoms with Crippen molar-refractivity contribution < 1.29 is 17.3 Å². The molecule has 2 N–H and O–H groups in total. The van der Waals surface area contributed by atoms with Crippen LogP contribution in [-0.2, 0) is 11.7 Å². The second-order valence-corrected chi connectivity index (χ2v) is 5.34. The Morgan fingerprint density at radius 3 is 2.62 bits per heavy atom. The zero-order valence-electron chi connectivity index (χ0n) is 16.0. The topological polar surface area (TPSA) is 91.5 Å². The van der Waals surface area contributed by atoms with E-state index in [1.165, 1.54) is 27.1 Å². The van der Waals surface area contributed by atoms with Gasteiger partial charge in [0.15, 0.2) is 0 Å². The SMILES string of the molecule is [2H]C([2H])([2H])c1nn(C(C)(C)C#N)cc1Nc1ncc(C(F)(F)F)c(NC)n1. The van der Waals surface area contributed by atoms with Crippen molar-refractivity contribution in [2.24, 2.45) is 0 Å². The van der Waals surface area contributed by atoms with Crippen LogP contribution in [0.15, 0.2) is 12.4 Å². The molecule has 7 nitrogen and oxygen atoms in total. The summed E-state index contributed by atoms with van der Waals surface area (Å²) in [6, 6.07) is 1.98. The third-order valence-electron chi connectivity index (χ3n) is 3.14. The number of rotatable bonds is 4. The molecular formula is C14H16F3N7. The Hall–Kier alpha value is -2.83. The van der Waals surface area contributed by atoms with Gasteiger partial charge in [0.25, 0.3) is 0 Å². The Labute approximate surface area is 140 Å². The van der Waals surface area contributed by atoms with Gasteiger partial charge in [-0.2, -0.15) is 28.5 Å². The van der Waals surface area contributed by atoms with Crippen molar-refractivity contribution in [2.45, 2.75) is 32.4 Å². The maximum atomic E-state index is 12.9. The molecule has 0 aliphatic rings. The van der Waals surface area contributed by atoms with Crippen LogP contribution in [0.3, 0.4) is 0 Å². The van der Waals surface area contributed by atoms with Crippen molar-refractivity contribution in [3.63, 3.8) is 0 Å². The standard InChI is InChI=1S/C14H16F3N7/c1-8-10(6-24(23-8)13(2,3)7-18)21-12-20-5-9(14(15,16)17)11(19-4)22-12/h5-6H,1-4H3,(H2,19,20,21,22)/i1D3. The molecule has 0 saturated carbocycles. The van der Waals surface area contributed by atoms with Crippen LogP contribution >= 0.6 is 0 Å². The molecule has 2 aromatic heterocycles. The highest BCUT2D eigenvalue weighted by molar-refractivity contribution is 5.58. The summed E-state index contributed by atoms with van der Waals surface area (Å²) in [6.07, 6.45) is -2.80. The Balaban J connectivity index is 2.50. The number of hydrogen-bond donors (Lipinski definition) is 2. The zero-order valence-corrected chi connectivity index (χ0v) is 13.0. The molecule has 2 aromatic rings. The van der Waals surface area contributed by atoms with E-state index in [2.05, 4.69) is 25.7 Å². The zero-order chi connectivity index (χ0) is 20.6. The largest absolute Gasteiger partial charge is 0.421 e. The van der Waals surface area contributed by atoms with Crippen molar-refractivity contribution in [3.05, 3.63) is 23.7 Å². The van der Waals surface area contributed by atoms with Crippen LogP contribution in [0.25, 0.3) is 0 Å². The molecule has 10 heteroatoms. The average Bonchev–Trinajstić information content (AvgIpc) is 2.98. The monoisotopic (exact) mass is 342 g/mol. The van der Waals surface area contributed by atoms with E-state index in [0.29, 0.717) is 6.20 Å². The van der Waals surface area contributed by atoms with Gasteiger partial charge in [0.1, 0.15) is 16.9 Å². The summed E-state index contributed by atoms with van der Waals surface area (Å²) >= 11 is 0. The lowest BCUT2D eigenvalue weighted by atomic mass is 10.1. The van der Waals surface area contributed by atoms with E-state index in [0.717, 1.165) is 4.68 Å². The maximum Gasteiger partial charge on any atom is 0.421 e. The van der Waals surface area contributed by atoms with Crippen molar-refractivity contribution >= 4 is 17.5 Å². The minimum absolute atomic E-state index is 0.0415. The Morgan fingerprint density at radius 2 is 2.08 bits per heavy atom. The molecule has 2 heterocycles. The van der Waals surface area contributed by atoms with Gasteiger partial charge >= 0.3 is 6.18 Å². The summed E-state index contributed by atoms with van der Waals surface area (Å²) < 4.78 is 62.7. The number of nitriles is 1. The maximum absolute atomic E-state index is 12.9. The van der Waals surface area contributed by atoms with E-state index in [9.17, 15) is 18.4 Å². The van der Waals surface area contributed by atoms with Gasteiger partial charge < -0.3 is 10.6 Å². The number of aryl methyl sites for hydroxylation is 1. The van der Waals surface area contributed by atoms with Crippen molar-refractivity contribution in [2.75, 3.05) is 17.7 Å². The van der Waals surface area contributed by atoms with Crippen LogP contribution in [0.4, 0.5) is 30.6 Å². The fourth-order valence-corrected chi connectivity index (χ4v) is 1.76. The normalized spacial score (nSPS) is 14.3. The summed E-state index contributed by atoms with van der Waals surface area (Å²) in [4.78, 5) is 7.32. The number of nitrogens with zero attached hydrogens (tertiary/aromatic N) is 5. The van der Waals surface area contributed by atoms with E-state index >= 15 is 0 Å². The van der Waals surface area contributed by atoms with E-state index in [4.69, 9.17) is 4.11 Å². The molecule has 0 saturated heterocycles. The van der Waals surface area contributed by atoms with Gasteiger partial charge in [-0.3, -0.25) is 4.68 Å². The molecule has 128 valence electrons. The summed E-state index contributed by atoms with van der Waals surface area (Å²) in [5, 5.41) is 18.0. The second kappa shape index (κ2) is 5.99. The molecule has 0 fully saturated rings. The molecule has 0 atom stereocenters. The molecule has 0 aromatic carbocycles. The van der Waals surface area contributed by atoms with E-state index < -0.39 is 29.9 Å². The van der Waals surface area contributed by atoms with E-state index in [1.54, 1.807) is 0 Å². The van der Waals surface area contributed by atoms with Crippen LogP contribution in [0.5, 0.6) is 0 Å². The van der Waals surface area contributed by atoms with Crippen LogP contribution < -0.4 is 10.6 Å². The van der Waals surface area contributed by atoms with Gasteiger partial charge in [0.2, 0.25) is 5.95 Å². The Morgan fingerprint density at radius 1 is 1.38 bits per heavy atom. The fraction of sp³-hybridized carbons (Fsp3) is 0.429. The lowest BCUT2D eigenvalue weighted by Crippen LogP contribution is -2.24. The summed E-state index contributed by atoms with van der Waals surface area (Å²) in [5.74, 6) is -0.729. The van der Waals surface area contributed by atoms with Crippen LogP contribution in [0, 0.1) is 18.2 Å². The third kappa shape index (κ3) is 3.40. The summed E-state index contributed by atoms with van der Waals surface area (Å²) in [6.45, 7) is 0.429. The average molecular weight is 342 g/mol. The quantitative estimate of drug-likeness (QED) is 0.887. The minimum atomic E-state index is -4.65. The van der Waals surface area contributed by atoms with Crippen LogP contribution in [0.1, 0.15) is 29.2 Å².